The van der Waals surface area contributed by atoms with Crippen LogP contribution in [0.1, 0.15) is 33.1 Å². The first kappa shape index (κ1) is 21.1. The highest BCUT2D eigenvalue weighted by atomic mass is 32.2. The van der Waals surface area contributed by atoms with Gasteiger partial charge in [-0.3, -0.25) is 4.79 Å². The Labute approximate surface area is 165 Å². The summed E-state index contributed by atoms with van der Waals surface area (Å²) < 4.78 is 53.8. The molecule has 0 radical (unpaired) electrons. The number of piperidine rings is 1. The fourth-order valence-electron chi connectivity index (χ4n) is 4.25. The molecule has 0 saturated carbocycles. The van der Waals surface area contributed by atoms with Gasteiger partial charge in [-0.05, 0) is 51.3 Å². The molecule has 2 aliphatic rings. The summed E-state index contributed by atoms with van der Waals surface area (Å²) in [7, 11) is -4.10. The number of nitrogens with one attached hydrogen (secondary N) is 1. The maximum atomic E-state index is 13.9. The zero-order valence-electron chi connectivity index (χ0n) is 16.3. The third-order valence-corrected chi connectivity index (χ3v) is 7.74. The van der Waals surface area contributed by atoms with Crippen LogP contribution in [0.15, 0.2) is 23.1 Å². The average molecular weight is 417 g/mol. The normalized spacial score (nSPS) is 25.1. The zero-order chi connectivity index (χ0) is 20.5. The lowest BCUT2D eigenvalue weighted by Gasteiger charge is -2.40. The summed E-state index contributed by atoms with van der Waals surface area (Å²) in [5.74, 6) is -1.65. The lowest BCUT2D eigenvalue weighted by atomic mass is 9.97. The van der Waals surface area contributed by atoms with E-state index in [1.807, 2.05) is 4.90 Å². The number of likely N-dealkylation sites (tertiary alicyclic amines) is 1. The van der Waals surface area contributed by atoms with E-state index in [1.54, 1.807) is 0 Å². The lowest BCUT2D eigenvalue weighted by Crippen LogP contribution is -3.16. The van der Waals surface area contributed by atoms with Crippen LogP contribution in [0.25, 0.3) is 0 Å². The number of nitrogens with zero attached hydrogens (tertiary/aromatic N) is 2. The van der Waals surface area contributed by atoms with Crippen molar-refractivity contribution in [2.24, 2.45) is 0 Å². The highest BCUT2D eigenvalue weighted by molar-refractivity contribution is 7.89. The van der Waals surface area contributed by atoms with Crippen molar-refractivity contribution in [1.29, 1.82) is 0 Å². The fraction of sp³-hybridized carbons (Fsp3) is 0.632. The maximum Gasteiger partial charge on any atom is 0.278 e. The molecule has 0 bridgehead atoms. The van der Waals surface area contributed by atoms with Crippen LogP contribution in [0.2, 0.25) is 0 Å². The maximum absolute atomic E-state index is 13.9. The van der Waals surface area contributed by atoms with Crippen LogP contribution in [0.3, 0.4) is 0 Å². The van der Waals surface area contributed by atoms with Crippen molar-refractivity contribution >= 4 is 15.9 Å². The number of benzene rings is 1. The van der Waals surface area contributed by atoms with Gasteiger partial charge in [0.2, 0.25) is 10.0 Å². The van der Waals surface area contributed by atoms with Gasteiger partial charge in [0.25, 0.3) is 5.91 Å². The van der Waals surface area contributed by atoms with Gasteiger partial charge in [-0.2, -0.15) is 4.31 Å². The monoisotopic (exact) mass is 416 g/mol. The highest BCUT2D eigenvalue weighted by Crippen LogP contribution is 2.22. The third kappa shape index (κ3) is 4.36. The van der Waals surface area contributed by atoms with Gasteiger partial charge in [-0.1, -0.05) is 0 Å². The summed E-state index contributed by atoms with van der Waals surface area (Å²) in [6, 6.07) is 2.89. The number of halogens is 2. The number of hydrogen-bond acceptors (Lipinski definition) is 3. The predicted octanol–water partition coefficient (Wildman–Crippen LogP) is 0.644. The van der Waals surface area contributed by atoms with E-state index < -0.39 is 26.6 Å². The number of quaternary nitrogens is 1. The largest absolute Gasteiger partial charge is 0.332 e. The van der Waals surface area contributed by atoms with Gasteiger partial charge in [0, 0.05) is 12.1 Å². The Morgan fingerprint density at radius 2 is 1.75 bits per heavy atom. The lowest BCUT2D eigenvalue weighted by molar-refractivity contribution is -0.896. The first-order chi connectivity index (χ1) is 13.2. The summed E-state index contributed by atoms with van der Waals surface area (Å²) in [5, 5.41) is 0. The minimum atomic E-state index is -4.10. The van der Waals surface area contributed by atoms with Gasteiger partial charge in [0.05, 0.1) is 26.2 Å². The van der Waals surface area contributed by atoms with Crippen molar-refractivity contribution < 1.29 is 26.9 Å². The van der Waals surface area contributed by atoms with Gasteiger partial charge in [0.15, 0.2) is 6.54 Å². The molecule has 1 amide bonds. The minimum absolute atomic E-state index is 0.0992. The summed E-state index contributed by atoms with van der Waals surface area (Å²) in [4.78, 5) is 15.1. The van der Waals surface area contributed by atoms with Gasteiger partial charge in [-0.25, -0.2) is 17.2 Å². The van der Waals surface area contributed by atoms with Gasteiger partial charge in [0.1, 0.15) is 16.5 Å². The highest BCUT2D eigenvalue weighted by Gasteiger charge is 2.35. The Kier molecular flexibility index (Phi) is 6.36. The molecule has 2 fully saturated rings. The standard InChI is InChI=1S/C19H27F2N3O3S/c1-14-4-3-5-15(2)24(14)19(25)13-22-8-10-23(11-9-22)28(26,27)18-12-16(20)6-7-17(18)21/h6-7,12,14-15H,3-5,8-11,13H2,1-2H3/p+1/t14-,15+. The van der Waals surface area contributed by atoms with Gasteiger partial charge >= 0.3 is 0 Å². The molecule has 0 aliphatic carbocycles. The summed E-state index contributed by atoms with van der Waals surface area (Å²) in [6.07, 6.45) is 3.15. The molecule has 6 nitrogen and oxygen atoms in total. The second-order valence-electron chi connectivity index (χ2n) is 7.84. The molecule has 2 saturated heterocycles. The Morgan fingerprint density at radius 1 is 1.14 bits per heavy atom. The smallest absolute Gasteiger partial charge is 0.278 e. The quantitative estimate of drug-likeness (QED) is 0.784. The summed E-state index contributed by atoms with van der Waals surface area (Å²) in [6.45, 7) is 5.73. The first-order valence-electron chi connectivity index (χ1n) is 9.80. The van der Waals surface area contributed by atoms with Crippen LogP contribution in [0.5, 0.6) is 0 Å². The second-order valence-corrected chi connectivity index (χ2v) is 9.74. The number of rotatable bonds is 4. The van der Waals surface area contributed by atoms with Crippen molar-refractivity contribution in [3.05, 3.63) is 29.8 Å². The molecule has 28 heavy (non-hydrogen) atoms. The van der Waals surface area contributed by atoms with Gasteiger partial charge < -0.3 is 9.80 Å². The fourth-order valence-corrected chi connectivity index (χ4v) is 5.77. The van der Waals surface area contributed by atoms with Crippen molar-refractivity contribution in [2.75, 3.05) is 32.7 Å². The molecular formula is C19H28F2N3O3S+. The van der Waals surface area contributed by atoms with Gasteiger partial charge in [-0.15, -0.1) is 0 Å². The topological polar surface area (TPSA) is 62.1 Å². The number of sulfonamides is 1. The van der Waals surface area contributed by atoms with Crippen LogP contribution in [-0.2, 0) is 14.8 Å². The molecule has 0 spiro atoms. The van der Waals surface area contributed by atoms with Crippen molar-refractivity contribution in [3.63, 3.8) is 0 Å². The van der Waals surface area contributed by atoms with Crippen LogP contribution in [-0.4, -0.2) is 68.3 Å². The molecule has 156 valence electrons. The second kappa shape index (κ2) is 8.42. The Balaban J connectivity index is 1.61. The van der Waals surface area contributed by atoms with E-state index in [-0.39, 0.29) is 31.1 Å². The zero-order valence-corrected chi connectivity index (χ0v) is 17.1. The first-order valence-corrected chi connectivity index (χ1v) is 11.2. The molecule has 2 heterocycles. The number of carbonyl (C=O) groups excluding carboxylic acids is 1. The average Bonchev–Trinajstić information content (AvgIpc) is 2.64. The Hall–Kier alpha value is -1.58. The number of carbonyl (C=O) groups is 1. The number of hydrogen-bond donors (Lipinski definition) is 1. The molecule has 9 heteroatoms. The van der Waals surface area contributed by atoms with E-state index in [2.05, 4.69) is 13.8 Å². The van der Waals surface area contributed by atoms with Crippen LogP contribution < -0.4 is 4.90 Å². The minimum Gasteiger partial charge on any atom is -0.332 e. The van der Waals surface area contributed by atoms with Crippen molar-refractivity contribution in [1.82, 2.24) is 9.21 Å². The van der Waals surface area contributed by atoms with E-state index in [0.717, 1.165) is 36.3 Å². The third-order valence-electron chi connectivity index (χ3n) is 5.82. The molecule has 0 unspecified atom stereocenters. The molecule has 0 aromatic heterocycles. The SMILES string of the molecule is C[C@@H]1CCC[C@H](C)N1C(=O)C[NH+]1CCN(S(=O)(=O)c2cc(F)ccc2F)CC1. The van der Waals surface area contributed by atoms with E-state index in [9.17, 15) is 22.0 Å². The van der Waals surface area contributed by atoms with Crippen molar-refractivity contribution in [2.45, 2.75) is 50.1 Å². The molecule has 3 rings (SSSR count). The molecule has 2 atom stereocenters. The predicted molar refractivity (Wildman–Crippen MR) is 100 cm³/mol. The Bertz CT molecular complexity index is 816. The number of piperazine rings is 1. The van der Waals surface area contributed by atoms with Crippen LogP contribution in [0.4, 0.5) is 8.78 Å². The van der Waals surface area contributed by atoms with E-state index in [4.69, 9.17) is 0 Å². The van der Waals surface area contributed by atoms with Crippen LogP contribution >= 0.6 is 0 Å². The van der Waals surface area contributed by atoms with E-state index in [0.29, 0.717) is 25.7 Å². The van der Waals surface area contributed by atoms with Crippen molar-refractivity contribution in [3.8, 4) is 0 Å². The molecular weight excluding hydrogens is 388 g/mol. The summed E-state index contributed by atoms with van der Waals surface area (Å²) in [5.41, 5.74) is 0. The van der Waals surface area contributed by atoms with E-state index in [1.165, 1.54) is 4.31 Å². The molecule has 1 aromatic rings. The molecule has 1 aromatic carbocycles. The molecule has 2 aliphatic heterocycles. The number of amides is 1. The summed E-state index contributed by atoms with van der Waals surface area (Å²) >= 11 is 0. The van der Waals surface area contributed by atoms with E-state index >= 15 is 0 Å². The molecule has 1 N–H and O–H groups in total. The van der Waals surface area contributed by atoms with Crippen LogP contribution in [0, 0.1) is 11.6 Å². The Morgan fingerprint density at radius 3 is 2.36 bits per heavy atom.